The average Bonchev–Trinajstić information content (AvgIpc) is 3.01. The topological polar surface area (TPSA) is 28.2 Å². The number of benzene rings is 1. The van der Waals surface area contributed by atoms with Crippen molar-refractivity contribution in [2.24, 2.45) is 0 Å². The SMILES string of the molecule is CN(Cc1nc2ccccc2s1)C1CC2CCC(C1)N2. The Kier molecular flexibility index (Phi) is 3.25. The van der Waals surface area contributed by atoms with Crippen LogP contribution in [0, 0.1) is 0 Å². The highest BCUT2D eigenvalue weighted by Crippen LogP contribution is 2.30. The highest BCUT2D eigenvalue weighted by atomic mass is 32.1. The van der Waals surface area contributed by atoms with E-state index in [4.69, 9.17) is 4.98 Å². The van der Waals surface area contributed by atoms with Crippen molar-refractivity contribution in [3.05, 3.63) is 29.3 Å². The number of nitrogens with one attached hydrogen (secondary N) is 1. The first-order valence-corrected chi connectivity index (χ1v) is 8.40. The van der Waals surface area contributed by atoms with Gasteiger partial charge in [-0.25, -0.2) is 4.98 Å². The molecule has 2 saturated heterocycles. The first-order valence-electron chi connectivity index (χ1n) is 7.58. The second-order valence-electron chi connectivity index (χ2n) is 6.25. The maximum atomic E-state index is 4.76. The molecule has 2 unspecified atom stereocenters. The molecule has 1 aromatic heterocycles. The smallest absolute Gasteiger partial charge is 0.108 e. The average molecular weight is 287 g/mol. The van der Waals surface area contributed by atoms with Crippen molar-refractivity contribution in [1.29, 1.82) is 0 Å². The maximum Gasteiger partial charge on any atom is 0.108 e. The Labute approximate surface area is 124 Å². The lowest BCUT2D eigenvalue weighted by molar-refractivity contribution is 0.166. The maximum absolute atomic E-state index is 4.76. The van der Waals surface area contributed by atoms with E-state index in [0.717, 1.165) is 30.2 Å². The zero-order valence-corrected chi connectivity index (χ0v) is 12.7. The first kappa shape index (κ1) is 12.7. The molecule has 0 radical (unpaired) electrons. The Morgan fingerprint density at radius 2 is 2.00 bits per heavy atom. The number of aromatic nitrogens is 1. The van der Waals surface area contributed by atoms with Gasteiger partial charge in [0.2, 0.25) is 0 Å². The van der Waals surface area contributed by atoms with Gasteiger partial charge in [0.15, 0.2) is 0 Å². The third-order valence-corrected chi connectivity index (χ3v) is 5.82. The van der Waals surface area contributed by atoms with Crippen LogP contribution in [0.2, 0.25) is 0 Å². The van der Waals surface area contributed by atoms with E-state index in [1.165, 1.54) is 35.4 Å². The number of rotatable bonds is 3. The highest BCUT2D eigenvalue weighted by Gasteiger charge is 2.35. The molecule has 0 saturated carbocycles. The lowest BCUT2D eigenvalue weighted by Gasteiger charge is -2.35. The van der Waals surface area contributed by atoms with E-state index in [0.29, 0.717) is 0 Å². The van der Waals surface area contributed by atoms with Gasteiger partial charge in [0, 0.05) is 18.1 Å². The van der Waals surface area contributed by atoms with Gasteiger partial charge in [-0.15, -0.1) is 11.3 Å². The molecule has 20 heavy (non-hydrogen) atoms. The third kappa shape index (κ3) is 2.36. The van der Waals surface area contributed by atoms with Crippen molar-refractivity contribution in [3.63, 3.8) is 0 Å². The van der Waals surface area contributed by atoms with E-state index < -0.39 is 0 Å². The number of hydrogen-bond donors (Lipinski definition) is 1. The lowest BCUT2D eigenvalue weighted by atomic mass is 9.99. The molecule has 0 aliphatic carbocycles. The van der Waals surface area contributed by atoms with Crippen molar-refractivity contribution < 1.29 is 0 Å². The summed E-state index contributed by atoms with van der Waals surface area (Å²) in [6, 6.07) is 10.7. The molecule has 4 heteroatoms. The van der Waals surface area contributed by atoms with Crippen LogP contribution in [0.5, 0.6) is 0 Å². The number of thiazole rings is 1. The largest absolute Gasteiger partial charge is 0.311 e. The van der Waals surface area contributed by atoms with Crippen LogP contribution in [-0.2, 0) is 6.54 Å². The molecule has 1 N–H and O–H groups in total. The minimum absolute atomic E-state index is 0.723. The van der Waals surface area contributed by atoms with Crippen LogP contribution < -0.4 is 5.32 Å². The predicted molar refractivity (Wildman–Crippen MR) is 84.1 cm³/mol. The minimum Gasteiger partial charge on any atom is -0.311 e. The quantitative estimate of drug-likeness (QED) is 0.940. The molecular formula is C16H21N3S. The van der Waals surface area contributed by atoms with Crippen LogP contribution in [0.25, 0.3) is 10.2 Å². The summed E-state index contributed by atoms with van der Waals surface area (Å²) in [6.07, 6.45) is 5.35. The van der Waals surface area contributed by atoms with Crippen LogP contribution in [0.3, 0.4) is 0 Å². The molecule has 0 spiro atoms. The molecule has 2 fully saturated rings. The van der Waals surface area contributed by atoms with Gasteiger partial charge in [-0.2, -0.15) is 0 Å². The highest BCUT2D eigenvalue weighted by molar-refractivity contribution is 7.18. The molecule has 2 bridgehead atoms. The molecule has 2 aromatic rings. The Balaban J connectivity index is 1.47. The molecule has 1 aromatic carbocycles. The fraction of sp³-hybridized carbons (Fsp3) is 0.562. The van der Waals surface area contributed by atoms with E-state index in [-0.39, 0.29) is 0 Å². The molecule has 4 rings (SSSR count). The van der Waals surface area contributed by atoms with Gasteiger partial charge in [0.1, 0.15) is 5.01 Å². The molecule has 2 aliphatic heterocycles. The fourth-order valence-electron chi connectivity index (χ4n) is 3.72. The summed E-state index contributed by atoms with van der Waals surface area (Å²) < 4.78 is 1.31. The summed E-state index contributed by atoms with van der Waals surface area (Å²) in [5.74, 6) is 0. The molecular weight excluding hydrogens is 266 g/mol. The van der Waals surface area contributed by atoms with E-state index >= 15 is 0 Å². The van der Waals surface area contributed by atoms with Gasteiger partial charge in [-0.3, -0.25) is 4.90 Å². The number of para-hydroxylation sites is 1. The van der Waals surface area contributed by atoms with Crippen LogP contribution >= 0.6 is 11.3 Å². The van der Waals surface area contributed by atoms with Crippen molar-refractivity contribution >= 4 is 21.6 Å². The van der Waals surface area contributed by atoms with Crippen LogP contribution in [0.1, 0.15) is 30.7 Å². The van der Waals surface area contributed by atoms with Gasteiger partial charge < -0.3 is 5.32 Å². The second kappa shape index (κ2) is 5.10. The summed E-state index contributed by atoms with van der Waals surface area (Å²) in [4.78, 5) is 7.28. The van der Waals surface area contributed by atoms with Gasteiger partial charge in [0.25, 0.3) is 0 Å². The van der Waals surface area contributed by atoms with E-state index in [9.17, 15) is 0 Å². The van der Waals surface area contributed by atoms with Crippen molar-refractivity contribution in [1.82, 2.24) is 15.2 Å². The molecule has 2 aliphatic rings. The Morgan fingerprint density at radius 1 is 1.25 bits per heavy atom. The number of fused-ring (bicyclic) bond motifs is 3. The van der Waals surface area contributed by atoms with Crippen LogP contribution in [-0.4, -0.2) is 35.1 Å². The summed E-state index contributed by atoms with van der Waals surface area (Å²) >= 11 is 1.84. The number of piperidine rings is 1. The van der Waals surface area contributed by atoms with Crippen LogP contribution in [0.15, 0.2) is 24.3 Å². The monoisotopic (exact) mass is 287 g/mol. The van der Waals surface area contributed by atoms with E-state index in [2.05, 4.69) is 41.5 Å². The number of hydrogen-bond acceptors (Lipinski definition) is 4. The molecule has 2 atom stereocenters. The normalized spacial score (nSPS) is 29.4. The minimum atomic E-state index is 0.723. The summed E-state index contributed by atoms with van der Waals surface area (Å²) in [7, 11) is 2.27. The predicted octanol–water partition coefficient (Wildman–Crippen LogP) is 3.01. The van der Waals surface area contributed by atoms with Gasteiger partial charge in [-0.1, -0.05) is 12.1 Å². The lowest BCUT2D eigenvalue weighted by Crippen LogP contribution is -2.46. The van der Waals surface area contributed by atoms with Gasteiger partial charge >= 0.3 is 0 Å². The van der Waals surface area contributed by atoms with Crippen molar-refractivity contribution in [2.45, 2.75) is 50.4 Å². The Morgan fingerprint density at radius 3 is 2.75 bits per heavy atom. The van der Waals surface area contributed by atoms with E-state index in [1.807, 2.05) is 11.3 Å². The third-order valence-electron chi connectivity index (χ3n) is 4.79. The Bertz CT molecular complexity index is 564. The van der Waals surface area contributed by atoms with Crippen LogP contribution in [0.4, 0.5) is 0 Å². The van der Waals surface area contributed by atoms with E-state index in [1.54, 1.807) is 0 Å². The summed E-state index contributed by atoms with van der Waals surface area (Å²) in [6.45, 7) is 0.990. The van der Waals surface area contributed by atoms with Crippen molar-refractivity contribution in [2.75, 3.05) is 7.05 Å². The molecule has 106 valence electrons. The zero-order chi connectivity index (χ0) is 13.5. The zero-order valence-electron chi connectivity index (χ0n) is 11.9. The molecule has 3 nitrogen and oxygen atoms in total. The fourth-order valence-corrected chi connectivity index (χ4v) is 4.75. The summed E-state index contributed by atoms with van der Waals surface area (Å²) in [5.41, 5.74) is 1.14. The second-order valence-corrected chi connectivity index (χ2v) is 7.37. The molecule has 0 amide bonds. The Hall–Kier alpha value is -0.970. The van der Waals surface area contributed by atoms with Gasteiger partial charge in [0.05, 0.1) is 16.8 Å². The molecule has 3 heterocycles. The first-order chi connectivity index (χ1) is 9.78. The van der Waals surface area contributed by atoms with Crippen molar-refractivity contribution in [3.8, 4) is 0 Å². The number of nitrogens with zero attached hydrogens (tertiary/aromatic N) is 2. The van der Waals surface area contributed by atoms with Gasteiger partial charge in [-0.05, 0) is 44.9 Å². The summed E-state index contributed by atoms with van der Waals surface area (Å²) in [5, 5.41) is 4.97. The standard InChI is InChI=1S/C16H21N3S/c1-19(13-8-11-6-7-12(9-13)17-11)10-16-18-14-4-2-3-5-15(14)20-16/h2-5,11-13,17H,6-10H2,1H3.